The SMILES string of the molecule is C=C/C(=C(\C)O)c1ccnc(CN[S+]([O-])C(C)(C)C)c1F. The number of aromatic nitrogens is 1. The number of hydrogen-bond acceptors (Lipinski definition) is 4. The molecule has 1 unspecified atom stereocenters. The molecule has 0 spiro atoms. The van der Waals surface area contributed by atoms with Gasteiger partial charge in [0.25, 0.3) is 0 Å². The smallest absolute Gasteiger partial charge is 0.154 e. The van der Waals surface area contributed by atoms with Gasteiger partial charge in [0, 0.05) is 28.7 Å². The molecule has 0 fully saturated rings. The van der Waals surface area contributed by atoms with Crippen LogP contribution in [0.25, 0.3) is 5.57 Å². The predicted molar refractivity (Wildman–Crippen MR) is 84.3 cm³/mol. The van der Waals surface area contributed by atoms with Crippen LogP contribution >= 0.6 is 0 Å². The number of allylic oxidation sites excluding steroid dienone is 3. The zero-order valence-electron chi connectivity index (χ0n) is 12.7. The third-order valence-corrected chi connectivity index (χ3v) is 4.29. The van der Waals surface area contributed by atoms with E-state index in [4.69, 9.17) is 0 Å². The van der Waals surface area contributed by atoms with E-state index in [2.05, 4.69) is 16.3 Å². The highest BCUT2D eigenvalue weighted by Crippen LogP contribution is 2.23. The Balaban J connectivity index is 3.02. The molecule has 0 bridgehead atoms. The van der Waals surface area contributed by atoms with Crippen molar-refractivity contribution in [3.8, 4) is 0 Å². The van der Waals surface area contributed by atoms with Gasteiger partial charge < -0.3 is 9.66 Å². The van der Waals surface area contributed by atoms with Crippen molar-refractivity contribution in [2.24, 2.45) is 0 Å². The third-order valence-electron chi connectivity index (χ3n) is 2.77. The van der Waals surface area contributed by atoms with Gasteiger partial charge in [-0.25, -0.2) is 4.39 Å². The lowest BCUT2D eigenvalue weighted by molar-refractivity contribution is 0.417. The van der Waals surface area contributed by atoms with Gasteiger partial charge in [0.05, 0.1) is 18.0 Å². The van der Waals surface area contributed by atoms with Crippen LogP contribution in [0.1, 0.15) is 39.0 Å². The Kier molecular flexibility index (Phi) is 5.95. The van der Waals surface area contributed by atoms with E-state index in [1.54, 1.807) is 0 Å². The molecule has 1 aromatic rings. The molecule has 0 aliphatic carbocycles. The van der Waals surface area contributed by atoms with Crippen LogP contribution in [0, 0.1) is 5.82 Å². The fourth-order valence-electron chi connectivity index (χ4n) is 1.62. The molecule has 0 amide bonds. The lowest BCUT2D eigenvalue weighted by Gasteiger charge is -2.23. The summed E-state index contributed by atoms with van der Waals surface area (Å²) < 4.78 is 28.7. The monoisotopic (exact) mass is 312 g/mol. The van der Waals surface area contributed by atoms with Crippen LogP contribution < -0.4 is 4.72 Å². The largest absolute Gasteiger partial charge is 0.598 e. The minimum absolute atomic E-state index is 0.0210. The molecule has 1 rings (SSSR count). The number of halogens is 1. The molecule has 1 atom stereocenters. The summed E-state index contributed by atoms with van der Waals surface area (Å²) in [4.78, 5) is 3.96. The molecule has 0 aliphatic heterocycles. The van der Waals surface area contributed by atoms with Crippen molar-refractivity contribution in [1.29, 1.82) is 0 Å². The summed E-state index contributed by atoms with van der Waals surface area (Å²) in [7, 11) is 0. The van der Waals surface area contributed by atoms with E-state index in [-0.39, 0.29) is 23.6 Å². The summed E-state index contributed by atoms with van der Waals surface area (Å²) in [6, 6.07) is 1.47. The van der Waals surface area contributed by atoms with Gasteiger partial charge in [-0.3, -0.25) is 4.98 Å². The molecule has 0 radical (unpaired) electrons. The molecule has 1 heterocycles. The molecular weight excluding hydrogens is 291 g/mol. The summed E-state index contributed by atoms with van der Waals surface area (Å²) in [6.45, 7) is 10.5. The van der Waals surface area contributed by atoms with Gasteiger partial charge >= 0.3 is 0 Å². The molecule has 4 nitrogen and oxygen atoms in total. The standard InChI is InChI=1S/C15H21FN2O2S/c1-6-11(10(2)19)12-7-8-17-13(14(12)16)9-18-21(20)15(3,4)5/h6-8,18-19H,1,9H2,2-5H3/b11-10-. The maximum absolute atomic E-state index is 14.4. The van der Waals surface area contributed by atoms with E-state index in [1.165, 1.54) is 25.3 Å². The molecule has 1 aromatic heterocycles. The number of nitrogens with one attached hydrogen (secondary N) is 1. The number of rotatable bonds is 5. The molecule has 0 saturated carbocycles. The minimum Gasteiger partial charge on any atom is -0.598 e. The fraction of sp³-hybridized carbons (Fsp3) is 0.400. The van der Waals surface area contributed by atoms with Crippen LogP contribution in [0.4, 0.5) is 4.39 Å². The van der Waals surface area contributed by atoms with Gasteiger partial charge in [-0.05, 0) is 33.8 Å². The highest BCUT2D eigenvalue weighted by atomic mass is 32.2. The van der Waals surface area contributed by atoms with Crippen molar-refractivity contribution in [1.82, 2.24) is 9.71 Å². The van der Waals surface area contributed by atoms with Crippen LogP contribution in [0.3, 0.4) is 0 Å². The number of aliphatic hydroxyl groups excluding tert-OH is 1. The number of pyridine rings is 1. The summed E-state index contributed by atoms with van der Waals surface area (Å²) in [6.07, 6.45) is 2.83. The van der Waals surface area contributed by atoms with E-state index >= 15 is 0 Å². The van der Waals surface area contributed by atoms with Gasteiger partial charge in [-0.15, -0.1) is 4.72 Å². The van der Waals surface area contributed by atoms with Crippen molar-refractivity contribution < 1.29 is 14.0 Å². The summed E-state index contributed by atoms with van der Waals surface area (Å²) >= 11 is -1.31. The van der Waals surface area contributed by atoms with E-state index in [0.29, 0.717) is 5.57 Å². The minimum atomic E-state index is -1.31. The first kappa shape index (κ1) is 17.7. The quantitative estimate of drug-likeness (QED) is 0.497. The molecule has 21 heavy (non-hydrogen) atoms. The Bertz CT molecular complexity index is 549. The first-order valence-electron chi connectivity index (χ1n) is 6.50. The van der Waals surface area contributed by atoms with Crippen LogP contribution in [-0.4, -0.2) is 19.4 Å². The van der Waals surface area contributed by atoms with Crippen LogP contribution in [0.5, 0.6) is 0 Å². The Labute approximate surface area is 128 Å². The zero-order valence-corrected chi connectivity index (χ0v) is 13.6. The Hall–Kier alpha value is -1.37. The van der Waals surface area contributed by atoms with Crippen LogP contribution in [-0.2, 0) is 17.9 Å². The summed E-state index contributed by atoms with van der Waals surface area (Å²) in [5.74, 6) is -0.577. The molecular formula is C15H21FN2O2S. The van der Waals surface area contributed by atoms with Gasteiger partial charge in [0.2, 0.25) is 0 Å². The van der Waals surface area contributed by atoms with Crippen molar-refractivity contribution in [3.05, 3.63) is 47.8 Å². The third kappa shape index (κ3) is 4.56. The van der Waals surface area contributed by atoms with Gasteiger partial charge in [0.15, 0.2) is 5.82 Å². The number of nitrogens with zero attached hydrogens (tertiary/aromatic N) is 1. The van der Waals surface area contributed by atoms with Gasteiger partial charge in [-0.1, -0.05) is 12.7 Å². The molecule has 6 heteroatoms. The maximum Gasteiger partial charge on any atom is 0.154 e. The average molecular weight is 312 g/mol. The maximum atomic E-state index is 14.4. The Morgan fingerprint density at radius 3 is 2.67 bits per heavy atom. The predicted octanol–water partition coefficient (Wildman–Crippen LogP) is 3.25. The second-order valence-electron chi connectivity index (χ2n) is 5.52. The van der Waals surface area contributed by atoms with Crippen molar-refractivity contribution in [3.63, 3.8) is 0 Å². The van der Waals surface area contributed by atoms with Crippen molar-refractivity contribution >= 4 is 16.9 Å². The molecule has 0 saturated heterocycles. The lowest BCUT2D eigenvalue weighted by atomic mass is 10.0. The van der Waals surface area contributed by atoms with Crippen molar-refractivity contribution in [2.45, 2.75) is 39.0 Å². The molecule has 116 valence electrons. The first-order valence-corrected chi connectivity index (χ1v) is 7.65. The van der Waals surface area contributed by atoms with E-state index in [9.17, 15) is 14.0 Å². The van der Waals surface area contributed by atoms with E-state index < -0.39 is 21.9 Å². The van der Waals surface area contributed by atoms with E-state index in [0.717, 1.165) is 0 Å². The van der Waals surface area contributed by atoms with Crippen LogP contribution in [0.2, 0.25) is 0 Å². The molecule has 0 aromatic carbocycles. The summed E-state index contributed by atoms with van der Waals surface area (Å²) in [5, 5.41) is 9.56. The van der Waals surface area contributed by atoms with Gasteiger partial charge in [0.1, 0.15) is 4.75 Å². The average Bonchev–Trinajstić information content (AvgIpc) is 2.38. The Morgan fingerprint density at radius 2 is 2.19 bits per heavy atom. The topological polar surface area (TPSA) is 68.2 Å². The highest BCUT2D eigenvalue weighted by molar-refractivity contribution is 7.90. The number of hydrogen-bond donors (Lipinski definition) is 2. The molecule has 0 aliphatic rings. The van der Waals surface area contributed by atoms with Gasteiger partial charge in [-0.2, -0.15) is 0 Å². The second kappa shape index (κ2) is 7.06. The Morgan fingerprint density at radius 1 is 1.57 bits per heavy atom. The lowest BCUT2D eigenvalue weighted by Crippen LogP contribution is -2.39. The fourth-order valence-corrected chi connectivity index (χ4v) is 2.32. The summed E-state index contributed by atoms with van der Waals surface area (Å²) in [5.41, 5.74) is 0.678. The van der Waals surface area contributed by atoms with Crippen LogP contribution in [0.15, 0.2) is 30.7 Å². The van der Waals surface area contributed by atoms with Crippen molar-refractivity contribution in [2.75, 3.05) is 0 Å². The number of aliphatic hydroxyl groups is 1. The normalized spacial score (nSPS) is 14.6. The van der Waals surface area contributed by atoms with E-state index in [1.807, 2.05) is 20.8 Å². The first-order chi connectivity index (χ1) is 9.68. The zero-order chi connectivity index (χ0) is 16.2. The highest BCUT2D eigenvalue weighted by Gasteiger charge is 2.26. The second-order valence-corrected chi connectivity index (χ2v) is 7.58. The molecule has 2 N–H and O–H groups in total.